The Bertz CT molecular complexity index is 296. The van der Waals surface area contributed by atoms with E-state index in [0.717, 1.165) is 32.7 Å². The van der Waals surface area contributed by atoms with E-state index in [9.17, 15) is 0 Å². The second kappa shape index (κ2) is 8.64. The van der Waals surface area contributed by atoms with E-state index in [4.69, 9.17) is 4.74 Å². The van der Waals surface area contributed by atoms with Crippen LogP contribution in [0.25, 0.3) is 0 Å². The molecule has 0 unspecified atom stereocenters. The van der Waals surface area contributed by atoms with E-state index < -0.39 is 0 Å². The molecule has 0 aromatic heterocycles. The summed E-state index contributed by atoms with van der Waals surface area (Å²) >= 11 is 2.18. The molecule has 0 amide bonds. The molecule has 0 aliphatic carbocycles. The topological polar surface area (TPSA) is 12.5 Å². The van der Waals surface area contributed by atoms with Crippen LogP contribution in [0.1, 0.15) is 25.8 Å². The second-order valence-electron chi connectivity index (χ2n) is 4.24. The summed E-state index contributed by atoms with van der Waals surface area (Å²) in [4.78, 5) is 2.35. The summed E-state index contributed by atoms with van der Waals surface area (Å²) < 4.78 is 5.60. The zero-order chi connectivity index (χ0) is 12.5. The first-order valence-corrected chi connectivity index (χ1v) is 6.73. The Hall–Kier alpha value is -0.423. The predicted molar refractivity (Wildman–Crippen MR) is 74.8 cm³/mol. The van der Waals surface area contributed by atoms with Crippen LogP contribution in [0.2, 0.25) is 5.09 Å². The number of benzene rings is 1. The van der Waals surface area contributed by atoms with Crippen molar-refractivity contribution in [2.45, 2.75) is 32.0 Å². The maximum absolute atomic E-state index is 5.60. The van der Waals surface area contributed by atoms with E-state index in [1.807, 2.05) is 0 Å². The number of ether oxygens (including phenoxy) is 1. The van der Waals surface area contributed by atoms with Gasteiger partial charge in [-0.15, -0.1) is 0 Å². The van der Waals surface area contributed by atoms with Crippen LogP contribution in [0.3, 0.4) is 0 Å². The third-order valence-electron chi connectivity index (χ3n) is 2.98. The quantitative estimate of drug-likeness (QED) is 0.500. The molecule has 90 valence electrons. The number of nitrogens with zero attached hydrogens (tertiary/aromatic N) is 1. The van der Waals surface area contributed by atoms with Gasteiger partial charge in [-0.3, -0.25) is 0 Å². The molecule has 1 aromatic carbocycles. The SMILES string of the molecule is [Li][CH2]CCOCc1ccc(N(CC)CC)cc1. The average molecular weight is 227 g/mol. The van der Waals surface area contributed by atoms with Crippen LogP contribution in [0.5, 0.6) is 0 Å². The first-order valence-electron chi connectivity index (χ1n) is 6.73. The van der Waals surface area contributed by atoms with Crippen LogP contribution in [0, 0.1) is 0 Å². The van der Waals surface area contributed by atoms with Crippen molar-refractivity contribution in [2.75, 3.05) is 24.6 Å². The van der Waals surface area contributed by atoms with Crippen molar-refractivity contribution in [3.8, 4) is 0 Å². The zero-order valence-corrected chi connectivity index (χ0v) is 11.4. The molecule has 0 N–H and O–H groups in total. The van der Waals surface area contributed by atoms with Crippen LogP contribution >= 0.6 is 0 Å². The molecule has 0 bridgehead atoms. The molecule has 0 fully saturated rings. The molecule has 2 nitrogen and oxygen atoms in total. The van der Waals surface area contributed by atoms with Crippen LogP contribution in [0.4, 0.5) is 5.69 Å². The van der Waals surface area contributed by atoms with E-state index in [1.54, 1.807) is 0 Å². The minimum absolute atomic E-state index is 0.735. The fourth-order valence-electron chi connectivity index (χ4n) is 1.83. The van der Waals surface area contributed by atoms with Gasteiger partial charge in [0.15, 0.2) is 0 Å². The fourth-order valence-corrected chi connectivity index (χ4v) is 1.83. The second-order valence-corrected chi connectivity index (χ2v) is 4.24. The van der Waals surface area contributed by atoms with Gasteiger partial charge in [-0.2, -0.15) is 0 Å². The van der Waals surface area contributed by atoms with Crippen molar-refractivity contribution in [1.82, 2.24) is 0 Å². The molecule has 1 rings (SSSR count). The van der Waals surface area contributed by atoms with E-state index in [-0.39, 0.29) is 0 Å². The standard InChI is InChI=1S/C14H22NO.Li/c1-4-11-16-12-13-7-9-14(10-8-13)15(5-2)6-3;/h7-10H,1,4-6,11-12H2,2-3H3;. The Balaban J connectivity index is 2.44. The molecular weight excluding hydrogens is 205 g/mol. The van der Waals surface area contributed by atoms with Gasteiger partial charge < -0.3 is 0 Å². The molecule has 0 aliphatic heterocycles. The number of hydrogen-bond acceptors (Lipinski definition) is 2. The van der Waals surface area contributed by atoms with Gasteiger partial charge in [0.2, 0.25) is 0 Å². The first-order chi connectivity index (χ1) is 8.31. The third kappa shape index (κ3) is 5.17. The number of anilines is 1. The summed E-state index contributed by atoms with van der Waals surface area (Å²) in [6.45, 7) is 8.09. The molecule has 0 saturated heterocycles. The average Bonchev–Trinajstić information content (AvgIpc) is 2.38. The molecule has 0 aliphatic rings. The van der Waals surface area contributed by atoms with Crippen molar-refractivity contribution < 1.29 is 4.74 Å². The Kier molecular flexibility index (Phi) is 7.44. The maximum atomic E-state index is 5.60. The van der Waals surface area contributed by atoms with Crippen molar-refractivity contribution in [3.05, 3.63) is 29.8 Å². The number of rotatable bonds is 8. The predicted octanol–water partition coefficient (Wildman–Crippen LogP) is 3.03. The van der Waals surface area contributed by atoms with E-state index in [1.165, 1.54) is 16.3 Å². The summed E-state index contributed by atoms with van der Waals surface area (Å²) in [7, 11) is 0. The molecule has 0 saturated carbocycles. The Labute approximate surface area is 115 Å². The van der Waals surface area contributed by atoms with Crippen molar-refractivity contribution in [3.63, 3.8) is 0 Å². The molecule has 0 radical (unpaired) electrons. The molecule has 0 spiro atoms. The fraction of sp³-hybridized carbons (Fsp3) is 0.571. The van der Waals surface area contributed by atoms with Crippen molar-refractivity contribution in [1.29, 1.82) is 0 Å². The molecule has 0 atom stereocenters. The molecular formula is C14H22LiNO. The van der Waals surface area contributed by atoms with E-state index >= 15 is 0 Å². The summed E-state index contributed by atoms with van der Waals surface area (Å²) in [5.41, 5.74) is 2.56. The van der Waals surface area contributed by atoms with Crippen molar-refractivity contribution in [2.24, 2.45) is 0 Å². The summed E-state index contributed by atoms with van der Waals surface area (Å²) in [6.07, 6.45) is 1.15. The molecule has 17 heavy (non-hydrogen) atoms. The van der Waals surface area contributed by atoms with Crippen LogP contribution < -0.4 is 4.90 Å². The summed E-state index contributed by atoms with van der Waals surface area (Å²) in [6, 6.07) is 8.70. The third-order valence-corrected chi connectivity index (χ3v) is 2.98. The Morgan fingerprint density at radius 1 is 1.12 bits per heavy atom. The van der Waals surface area contributed by atoms with Crippen LogP contribution in [-0.4, -0.2) is 37.4 Å². The van der Waals surface area contributed by atoms with Gasteiger partial charge in [-0.25, -0.2) is 0 Å². The summed E-state index contributed by atoms with van der Waals surface area (Å²) in [5.74, 6) is 0. The van der Waals surface area contributed by atoms with Gasteiger partial charge in [-0.1, -0.05) is 0 Å². The molecule has 1 aromatic rings. The Morgan fingerprint density at radius 3 is 2.29 bits per heavy atom. The Morgan fingerprint density at radius 2 is 1.76 bits per heavy atom. The van der Waals surface area contributed by atoms with Gasteiger partial charge >= 0.3 is 115 Å². The zero-order valence-electron chi connectivity index (χ0n) is 11.4. The van der Waals surface area contributed by atoms with E-state index in [2.05, 4.69) is 60.7 Å². The van der Waals surface area contributed by atoms with Gasteiger partial charge in [0.25, 0.3) is 0 Å². The first kappa shape index (κ1) is 14.6. The van der Waals surface area contributed by atoms with Gasteiger partial charge in [0.05, 0.1) is 0 Å². The molecule has 0 heterocycles. The monoisotopic (exact) mass is 227 g/mol. The van der Waals surface area contributed by atoms with E-state index in [0.29, 0.717) is 0 Å². The molecule has 3 heteroatoms. The van der Waals surface area contributed by atoms with Crippen LogP contribution in [-0.2, 0) is 11.3 Å². The number of hydrogen-bond donors (Lipinski definition) is 0. The van der Waals surface area contributed by atoms with Crippen LogP contribution in [0.15, 0.2) is 24.3 Å². The van der Waals surface area contributed by atoms with Crippen molar-refractivity contribution >= 4 is 23.4 Å². The van der Waals surface area contributed by atoms with Gasteiger partial charge in [0.1, 0.15) is 0 Å². The van der Waals surface area contributed by atoms with Gasteiger partial charge in [0, 0.05) is 0 Å². The minimum atomic E-state index is 0.735. The normalized spacial score (nSPS) is 10.6. The van der Waals surface area contributed by atoms with Gasteiger partial charge in [-0.05, 0) is 0 Å². The summed E-state index contributed by atoms with van der Waals surface area (Å²) in [5, 5.41) is 1.20.